The summed E-state index contributed by atoms with van der Waals surface area (Å²) in [6, 6.07) is 11.4. The lowest BCUT2D eigenvalue weighted by atomic mass is 10.1. The van der Waals surface area contributed by atoms with Gasteiger partial charge < -0.3 is 5.32 Å². The molecule has 1 N–H and O–H groups in total. The van der Waals surface area contributed by atoms with Crippen LogP contribution >= 0.6 is 11.6 Å². The minimum absolute atomic E-state index is 0.336. The van der Waals surface area contributed by atoms with E-state index in [1.54, 1.807) is 0 Å². The fourth-order valence-electron chi connectivity index (χ4n) is 2.15. The molecule has 0 atom stereocenters. The second-order valence-corrected chi connectivity index (χ2v) is 5.40. The first-order valence-corrected chi connectivity index (χ1v) is 7.42. The van der Waals surface area contributed by atoms with Crippen LogP contribution in [0.4, 0.5) is 8.78 Å². The first-order valence-electron chi connectivity index (χ1n) is 7.04. The Bertz CT molecular complexity index is 570. The van der Waals surface area contributed by atoms with Crippen LogP contribution in [0.5, 0.6) is 0 Å². The Morgan fingerprint density at radius 1 is 0.905 bits per heavy atom. The van der Waals surface area contributed by atoms with Crippen molar-refractivity contribution in [2.75, 3.05) is 13.1 Å². The van der Waals surface area contributed by atoms with Crippen molar-refractivity contribution in [2.45, 2.75) is 19.3 Å². The Morgan fingerprint density at radius 2 is 1.67 bits per heavy atom. The molecule has 1 nitrogen and oxygen atoms in total. The van der Waals surface area contributed by atoms with Crippen molar-refractivity contribution >= 4 is 11.6 Å². The van der Waals surface area contributed by atoms with E-state index < -0.39 is 0 Å². The number of nitrogens with one attached hydrogen (secondary N) is 1. The van der Waals surface area contributed by atoms with Crippen molar-refractivity contribution < 1.29 is 8.78 Å². The number of rotatable bonds is 7. The molecule has 2 aromatic rings. The van der Waals surface area contributed by atoms with Gasteiger partial charge in [-0.05, 0) is 73.8 Å². The summed E-state index contributed by atoms with van der Waals surface area (Å²) in [6.07, 6.45) is 2.24. The zero-order valence-corrected chi connectivity index (χ0v) is 12.5. The second kappa shape index (κ2) is 8.11. The van der Waals surface area contributed by atoms with Crippen LogP contribution in [0.15, 0.2) is 42.5 Å². The van der Waals surface area contributed by atoms with Crippen LogP contribution in [0.3, 0.4) is 0 Å². The Labute approximate surface area is 128 Å². The Morgan fingerprint density at radius 3 is 2.43 bits per heavy atom. The van der Waals surface area contributed by atoms with E-state index in [0.717, 1.165) is 37.0 Å². The van der Waals surface area contributed by atoms with Crippen molar-refractivity contribution in [1.29, 1.82) is 0 Å². The van der Waals surface area contributed by atoms with E-state index in [1.807, 2.05) is 24.3 Å². The molecule has 0 bridgehead atoms. The molecule has 0 spiro atoms. The molecule has 0 amide bonds. The van der Waals surface area contributed by atoms with Gasteiger partial charge in [0.25, 0.3) is 0 Å². The van der Waals surface area contributed by atoms with E-state index in [2.05, 4.69) is 5.32 Å². The van der Waals surface area contributed by atoms with Crippen LogP contribution in [0.2, 0.25) is 5.02 Å². The summed E-state index contributed by atoms with van der Waals surface area (Å²) in [7, 11) is 0. The highest BCUT2D eigenvalue weighted by molar-refractivity contribution is 6.30. The van der Waals surface area contributed by atoms with Crippen LogP contribution in [0, 0.1) is 11.6 Å². The summed E-state index contributed by atoms with van der Waals surface area (Å²) in [5, 5.41) is 4.04. The summed E-state index contributed by atoms with van der Waals surface area (Å²) in [4.78, 5) is 0. The average molecular weight is 310 g/mol. The van der Waals surface area contributed by atoms with Crippen molar-refractivity contribution in [1.82, 2.24) is 5.32 Å². The predicted octanol–water partition coefficient (Wildman–Crippen LogP) is 4.38. The van der Waals surface area contributed by atoms with E-state index in [0.29, 0.717) is 12.0 Å². The maximum atomic E-state index is 13.4. The van der Waals surface area contributed by atoms with Gasteiger partial charge in [-0.25, -0.2) is 8.78 Å². The molecule has 0 saturated carbocycles. The van der Waals surface area contributed by atoms with E-state index in [9.17, 15) is 8.78 Å². The van der Waals surface area contributed by atoms with Crippen molar-refractivity contribution in [3.63, 3.8) is 0 Å². The largest absolute Gasteiger partial charge is 0.316 e. The molecule has 0 fully saturated rings. The third-order valence-corrected chi connectivity index (χ3v) is 3.56. The molecule has 0 aromatic heterocycles. The van der Waals surface area contributed by atoms with Gasteiger partial charge in [0.1, 0.15) is 11.6 Å². The fraction of sp³-hybridized carbons (Fsp3) is 0.294. The summed E-state index contributed by atoms with van der Waals surface area (Å²) in [6.45, 7) is 1.64. The SMILES string of the molecule is Fc1ccc(F)c(CCCNCCc2ccc(Cl)cc2)c1. The van der Waals surface area contributed by atoms with Gasteiger partial charge >= 0.3 is 0 Å². The molecular formula is C17H18ClF2N. The van der Waals surface area contributed by atoms with Gasteiger partial charge in [-0.2, -0.15) is 0 Å². The Kier molecular flexibility index (Phi) is 6.15. The highest BCUT2D eigenvalue weighted by Crippen LogP contribution is 2.11. The van der Waals surface area contributed by atoms with Gasteiger partial charge in [0, 0.05) is 5.02 Å². The van der Waals surface area contributed by atoms with Gasteiger partial charge in [-0.1, -0.05) is 23.7 Å². The molecule has 0 aliphatic rings. The minimum atomic E-state index is -0.387. The Balaban J connectivity index is 1.64. The predicted molar refractivity (Wildman–Crippen MR) is 82.7 cm³/mol. The Hall–Kier alpha value is -1.45. The lowest BCUT2D eigenvalue weighted by molar-refractivity contribution is 0.574. The zero-order valence-electron chi connectivity index (χ0n) is 11.7. The number of aryl methyl sites for hydroxylation is 1. The molecule has 0 heterocycles. The molecule has 2 aromatic carbocycles. The average Bonchev–Trinajstić information content (AvgIpc) is 2.48. The second-order valence-electron chi connectivity index (χ2n) is 4.97. The molecule has 21 heavy (non-hydrogen) atoms. The highest BCUT2D eigenvalue weighted by Gasteiger charge is 2.03. The van der Waals surface area contributed by atoms with Crippen molar-refractivity contribution in [3.8, 4) is 0 Å². The van der Waals surface area contributed by atoms with E-state index in [1.165, 1.54) is 17.7 Å². The lowest BCUT2D eigenvalue weighted by Crippen LogP contribution is -2.19. The third-order valence-electron chi connectivity index (χ3n) is 3.31. The molecule has 0 aliphatic carbocycles. The molecular weight excluding hydrogens is 292 g/mol. The minimum Gasteiger partial charge on any atom is -0.316 e. The van der Waals surface area contributed by atoms with E-state index in [-0.39, 0.29) is 11.6 Å². The van der Waals surface area contributed by atoms with Crippen molar-refractivity contribution in [3.05, 3.63) is 70.2 Å². The number of hydrogen-bond acceptors (Lipinski definition) is 1. The summed E-state index contributed by atoms with van der Waals surface area (Å²) >= 11 is 5.82. The highest BCUT2D eigenvalue weighted by atomic mass is 35.5. The monoisotopic (exact) mass is 309 g/mol. The van der Waals surface area contributed by atoms with Crippen LogP contribution in [-0.4, -0.2) is 13.1 Å². The van der Waals surface area contributed by atoms with Crippen molar-refractivity contribution in [2.24, 2.45) is 0 Å². The van der Waals surface area contributed by atoms with Gasteiger partial charge in [0.05, 0.1) is 0 Å². The van der Waals surface area contributed by atoms with E-state index in [4.69, 9.17) is 11.6 Å². The van der Waals surface area contributed by atoms with Crippen LogP contribution in [0.25, 0.3) is 0 Å². The number of benzene rings is 2. The molecule has 4 heteroatoms. The molecule has 112 valence electrons. The molecule has 0 radical (unpaired) electrons. The van der Waals surface area contributed by atoms with Gasteiger partial charge in [-0.3, -0.25) is 0 Å². The first-order chi connectivity index (χ1) is 10.1. The summed E-state index contributed by atoms with van der Waals surface area (Å²) in [5.41, 5.74) is 1.66. The summed E-state index contributed by atoms with van der Waals surface area (Å²) < 4.78 is 26.4. The van der Waals surface area contributed by atoms with Gasteiger partial charge in [-0.15, -0.1) is 0 Å². The maximum Gasteiger partial charge on any atom is 0.126 e. The standard InChI is InChI=1S/C17H18ClF2N/c18-15-5-3-13(4-6-15)9-11-21-10-1-2-14-12-16(19)7-8-17(14)20/h3-8,12,21H,1-2,9-11H2. The lowest BCUT2D eigenvalue weighted by Gasteiger charge is -2.06. The van der Waals surface area contributed by atoms with Crippen LogP contribution < -0.4 is 5.32 Å². The first kappa shape index (κ1) is 15.9. The van der Waals surface area contributed by atoms with E-state index >= 15 is 0 Å². The zero-order chi connectivity index (χ0) is 15.1. The topological polar surface area (TPSA) is 12.0 Å². The molecule has 0 saturated heterocycles. The molecule has 0 aliphatic heterocycles. The van der Waals surface area contributed by atoms with Crippen LogP contribution in [0.1, 0.15) is 17.5 Å². The smallest absolute Gasteiger partial charge is 0.126 e. The summed E-state index contributed by atoms with van der Waals surface area (Å²) in [5.74, 6) is -0.723. The number of hydrogen-bond donors (Lipinski definition) is 1. The normalized spacial score (nSPS) is 10.8. The third kappa shape index (κ3) is 5.44. The quantitative estimate of drug-likeness (QED) is 0.748. The molecule has 0 unspecified atom stereocenters. The van der Waals surface area contributed by atoms with Gasteiger partial charge in [0.2, 0.25) is 0 Å². The number of halogens is 3. The van der Waals surface area contributed by atoms with Gasteiger partial charge in [0.15, 0.2) is 0 Å². The maximum absolute atomic E-state index is 13.4. The fourth-order valence-corrected chi connectivity index (χ4v) is 2.27. The van der Waals surface area contributed by atoms with Crippen LogP contribution in [-0.2, 0) is 12.8 Å². The molecule has 2 rings (SSSR count).